The SMILES string of the molecule is CC1=CC(C)CC(CNCC2CCC(=O)N2)C1. The number of hydrogen-bond donors (Lipinski definition) is 2. The average Bonchev–Trinajstić information content (AvgIpc) is 2.63. The minimum absolute atomic E-state index is 0.210. The van der Waals surface area contributed by atoms with Crippen molar-refractivity contribution in [3.8, 4) is 0 Å². The smallest absolute Gasteiger partial charge is 0.220 e. The third-order valence-corrected chi connectivity index (χ3v) is 3.79. The van der Waals surface area contributed by atoms with Crippen molar-refractivity contribution in [2.24, 2.45) is 11.8 Å². The summed E-state index contributed by atoms with van der Waals surface area (Å²) in [7, 11) is 0. The molecule has 3 nitrogen and oxygen atoms in total. The molecule has 1 saturated heterocycles. The van der Waals surface area contributed by atoms with Crippen LogP contribution in [0.15, 0.2) is 11.6 Å². The molecule has 3 unspecified atom stereocenters. The van der Waals surface area contributed by atoms with Crippen LogP contribution in [-0.2, 0) is 4.79 Å². The Balaban J connectivity index is 1.65. The van der Waals surface area contributed by atoms with Gasteiger partial charge in [-0.15, -0.1) is 0 Å². The van der Waals surface area contributed by atoms with Crippen LogP contribution in [0.3, 0.4) is 0 Å². The van der Waals surface area contributed by atoms with E-state index in [1.54, 1.807) is 0 Å². The molecule has 0 aromatic carbocycles. The van der Waals surface area contributed by atoms with E-state index in [4.69, 9.17) is 0 Å². The number of allylic oxidation sites excluding steroid dienone is 2. The van der Waals surface area contributed by atoms with Crippen molar-refractivity contribution in [3.05, 3.63) is 11.6 Å². The quantitative estimate of drug-likeness (QED) is 0.731. The standard InChI is InChI=1S/C14H24N2O/c1-10-5-11(2)7-12(6-10)8-15-9-13-3-4-14(17)16-13/h5,10,12-13,15H,3-4,6-9H2,1-2H3,(H,16,17). The highest BCUT2D eigenvalue weighted by Gasteiger charge is 2.21. The van der Waals surface area contributed by atoms with E-state index in [0.717, 1.165) is 31.3 Å². The lowest BCUT2D eigenvalue weighted by Gasteiger charge is -2.26. The zero-order valence-corrected chi connectivity index (χ0v) is 11.0. The molecule has 0 aromatic rings. The average molecular weight is 236 g/mol. The first-order valence-electron chi connectivity index (χ1n) is 6.81. The van der Waals surface area contributed by atoms with Gasteiger partial charge in [0.25, 0.3) is 0 Å². The van der Waals surface area contributed by atoms with Crippen LogP contribution in [0.5, 0.6) is 0 Å². The summed E-state index contributed by atoms with van der Waals surface area (Å²) >= 11 is 0. The van der Waals surface area contributed by atoms with Crippen molar-refractivity contribution in [3.63, 3.8) is 0 Å². The predicted octanol–water partition coefficient (Wildman–Crippen LogP) is 1.85. The lowest BCUT2D eigenvalue weighted by atomic mass is 9.84. The Hall–Kier alpha value is -0.830. The summed E-state index contributed by atoms with van der Waals surface area (Å²) in [5, 5.41) is 6.51. The van der Waals surface area contributed by atoms with Crippen molar-refractivity contribution in [1.29, 1.82) is 0 Å². The molecule has 1 fully saturated rings. The molecular formula is C14H24N2O. The fourth-order valence-electron chi connectivity index (χ4n) is 3.13. The van der Waals surface area contributed by atoms with Gasteiger partial charge in [-0.05, 0) is 44.6 Å². The predicted molar refractivity (Wildman–Crippen MR) is 69.7 cm³/mol. The van der Waals surface area contributed by atoms with Crippen LogP contribution >= 0.6 is 0 Å². The Bertz CT molecular complexity index is 311. The number of carbonyl (C=O) groups excluding carboxylic acids is 1. The highest BCUT2D eigenvalue weighted by atomic mass is 16.1. The second-order valence-electron chi connectivity index (χ2n) is 5.76. The van der Waals surface area contributed by atoms with Crippen LogP contribution in [-0.4, -0.2) is 25.0 Å². The van der Waals surface area contributed by atoms with Gasteiger partial charge in [0.05, 0.1) is 0 Å². The summed E-state index contributed by atoms with van der Waals surface area (Å²) in [6, 6.07) is 0.361. The molecular weight excluding hydrogens is 212 g/mol. The summed E-state index contributed by atoms with van der Waals surface area (Å²) < 4.78 is 0. The van der Waals surface area contributed by atoms with Gasteiger partial charge < -0.3 is 10.6 Å². The fraction of sp³-hybridized carbons (Fsp3) is 0.786. The molecule has 1 aliphatic carbocycles. The molecule has 3 atom stereocenters. The van der Waals surface area contributed by atoms with E-state index in [2.05, 4.69) is 30.6 Å². The molecule has 1 amide bonds. The van der Waals surface area contributed by atoms with Crippen LogP contribution in [0.2, 0.25) is 0 Å². The Morgan fingerprint density at radius 2 is 2.29 bits per heavy atom. The highest BCUT2D eigenvalue weighted by Crippen LogP contribution is 2.27. The molecule has 2 aliphatic rings. The lowest BCUT2D eigenvalue weighted by molar-refractivity contribution is -0.119. The van der Waals surface area contributed by atoms with Crippen molar-refractivity contribution in [1.82, 2.24) is 10.6 Å². The zero-order valence-electron chi connectivity index (χ0n) is 11.0. The van der Waals surface area contributed by atoms with Crippen molar-refractivity contribution < 1.29 is 4.79 Å². The van der Waals surface area contributed by atoms with E-state index in [9.17, 15) is 4.79 Å². The van der Waals surface area contributed by atoms with Crippen molar-refractivity contribution >= 4 is 5.91 Å². The minimum atomic E-state index is 0.210. The summed E-state index contributed by atoms with van der Waals surface area (Å²) in [4.78, 5) is 11.1. The third-order valence-electron chi connectivity index (χ3n) is 3.79. The second-order valence-corrected chi connectivity index (χ2v) is 5.76. The summed E-state index contributed by atoms with van der Waals surface area (Å²) in [6.45, 7) is 6.55. The number of rotatable bonds is 4. The molecule has 0 saturated carbocycles. The van der Waals surface area contributed by atoms with Crippen molar-refractivity contribution in [2.75, 3.05) is 13.1 Å². The normalized spacial score (nSPS) is 33.4. The molecule has 2 rings (SSSR count). The molecule has 2 N–H and O–H groups in total. The van der Waals surface area contributed by atoms with Crippen molar-refractivity contribution in [2.45, 2.75) is 45.6 Å². The van der Waals surface area contributed by atoms with E-state index in [1.807, 2.05) is 0 Å². The second kappa shape index (κ2) is 5.67. The summed E-state index contributed by atoms with van der Waals surface area (Å²) in [5.41, 5.74) is 1.53. The fourth-order valence-corrected chi connectivity index (χ4v) is 3.13. The van der Waals surface area contributed by atoms with Gasteiger partial charge in [0, 0.05) is 19.0 Å². The van der Waals surface area contributed by atoms with E-state index in [0.29, 0.717) is 12.5 Å². The van der Waals surface area contributed by atoms with Crippen LogP contribution < -0.4 is 10.6 Å². The Morgan fingerprint density at radius 3 is 2.94 bits per heavy atom. The molecule has 0 radical (unpaired) electrons. The lowest BCUT2D eigenvalue weighted by Crippen LogP contribution is -2.38. The summed E-state index contributed by atoms with van der Waals surface area (Å²) in [5.74, 6) is 1.70. The first kappa shape index (κ1) is 12.6. The van der Waals surface area contributed by atoms with Crippen LogP contribution in [0.1, 0.15) is 39.5 Å². The molecule has 0 bridgehead atoms. The molecule has 1 heterocycles. The van der Waals surface area contributed by atoms with E-state index in [-0.39, 0.29) is 5.91 Å². The van der Waals surface area contributed by atoms with Gasteiger partial charge >= 0.3 is 0 Å². The largest absolute Gasteiger partial charge is 0.352 e. The maximum absolute atomic E-state index is 11.1. The number of nitrogens with one attached hydrogen (secondary N) is 2. The molecule has 3 heteroatoms. The Kier molecular flexibility index (Phi) is 4.21. The van der Waals surface area contributed by atoms with E-state index in [1.165, 1.54) is 18.4 Å². The van der Waals surface area contributed by atoms with Gasteiger partial charge in [0.1, 0.15) is 0 Å². The molecule has 96 valence electrons. The van der Waals surface area contributed by atoms with Crippen LogP contribution in [0.4, 0.5) is 0 Å². The first-order chi connectivity index (χ1) is 8.13. The molecule has 0 aromatic heterocycles. The topological polar surface area (TPSA) is 41.1 Å². The number of hydrogen-bond acceptors (Lipinski definition) is 2. The van der Waals surface area contributed by atoms with Gasteiger partial charge in [0.15, 0.2) is 0 Å². The maximum atomic E-state index is 11.1. The minimum Gasteiger partial charge on any atom is -0.352 e. The Morgan fingerprint density at radius 1 is 1.47 bits per heavy atom. The first-order valence-corrected chi connectivity index (χ1v) is 6.81. The van der Waals surface area contributed by atoms with Crippen LogP contribution in [0, 0.1) is 11.8 Å². The van der Waals surface area contributed by atoms with E-state index >= 15 is 0 Å². The number of carbonyl (C=O) groups is 1. The maximum Gasteiger partial charge on any atom is 0.220 e. The van der Waals surface area contributed by atoms with Gasteiger partial charge in [-0.2, -0.15) is 0 Å². The number of amides is 1. The van der Waals surface area contributed by atoms with Gasteiger partial charge in [-0.25, -0.2) is 0 Å². The van der Waals surface area contributed by atoms with E-state index < -0.39 is 0 Å². The van der Waals surface area contributed by atoms with Gasteiger partial charge in [-0.3, -0.25) is 4.79 Å². The molecule has 17 heavy (non-hydrogen) atoms. The monoisotopic (exact) mass is 236 g/mol. The molecule has 0 spiro atoms. The molecule has 1 aliphatic heterocycles. The third kappa shape index (κ3) is 3.84. The zero-order chi connectivity index (χ0) is 12.3. The Labute approximate surface area is 104 Å². The summed E-state index contributed by atoms with van der Waals surface area (Å²) in [6.07, 6.45) is 6.61. The van der Waals surface area contributed by atoms with Gasteiger partial charge in [-0.1, -0.05) is 18.6 Å². The van der Waals surface area contributed by atoms with Gasteiger partial charge in [0.2, 0.25) is 5.91 Å². The van der Waals surface area contributed by atoms with Crippen LogP contribution in [0.25, 0.3) is 0 Å². The highest BCUT2D eigenvalue weighted by molar-refractivity contribution is 5.78.